The highest BCUT2D eigenvalue weighted by molar-refractivity contribution is 5.86. The predicted octanol–water partition coefficient (Wildman–Crippen LogP) is 3.27. The SMILES string of the molecule is CCCC[C@H](NC(=O)[C@@H](C)Oc1ccc2c(CCC)cc(=O)oc2c1)C(=O)O. The van der Waals surface area contributed by atoms with Gasteiger partial charge in [-0.2, -0.15) is 0 Å². The molecular formula is C21H27NO6. The average molecular weight is 389 g/mol. The molecule has 0 aliphatic carbocycles. The average Bonchev–Trinajstić information content (AvgIpc) is 2.64. The van der Waals surface area contributed by atoms with E-state index in [0.717, 1.165) is 30.2 Å². The van der Waals surface area contributed by atoms with E-state index in [9.17, 15) is 19.5 Å². The smallest absolute Gasteiger partial charge is 0.336 e. The molecule has 2 N–H and O–H groups in total. The van der Waals surface area contributed by atoms with Crippen molar-refractivity contribution in [2.45, 2.75) is 65.0 Å². The zero-order valence-corrected chi connectivity index (χ0v) is 16.5. The number of carbonyl (C=O) groups is 2. The van der Waals surface area contributed by atoms with Crippen molar-refractivity contribution in [3.63, 3.8) is 0 Å². The minimum absolute atomic E-state index is 0.367. The van der Waals surface area contributed by atoms with Gasteiger partial charge in [-0.05, 0) is 37.5 Å². The minimum Gasteiger partial charge on any atom is -0.481 e. The molecule has 1 heterocycles. The molecule has 7 heteroatoms. The number of carboxylic acid groups (broad SMARTS) is 1. The molecular weight excluding hydrogens is 362 g/mol. The lowest BCUT2D eigenvalue weighted by Crippen LogP contribution is -2.46. The Morgan fingerprint density at radius 3 is 2.61 bits per heavy atom. The molecule has 1 aromatic heterocycles. The third-order valence-corrected chi connectivity index (χ3v) is 4.46. The third-order valence-electron chi connectivity index (χ3n) is 4.46. The number of aryl methyl sites for hydroxylation is 1. The van der Waals surface area contributed by atoms with Gasteiger partial charge in [0.1, 0.15) is 17.4 Å². The number of unbranched alkanes of at least 4 members (excludes halogenated alkanes) is 1. The summed E-state index contributed by atoms with van der Waals surface area (Å²) in [6, 6.07) is 5.63. The Balaban J connectivity index is 2.13. The summed E-state index contributed by atoms with van der Waals surface area (Å²) >= 11 is 0. The van der Waals surface area contributed by atoms with Crippen molar-refractivity contribution >= 4 is 22.8 Å². The Labute approximate surface area is 163 Å². The fourth-order valence-corrected chi connectivity index (χ4v) is 2.97. The second kappa shape index (κ2) is 9.92. The summed E-state index contributed by atoms with van der Waals surface area (Å²) in [6.45, 7) is 5.53. The standard InChI is InChI=1S/C21H27NO6/c1-4-6-8-17(21(25)26)22-20(24)13(3)27-15-9-10-16-14(7-5-2)11-19(23)28-18(16)12-15/h9-13,17H,4-8H2,1-3H3,(H,22,24)(H,25,26)/t13-,17+/m1/s1. The molecule has 0 aliphatic heterocycles. The number of aliphatic carboxylic acids is 1. The lowest BCUT2D eigenvalue weighted by molar-refractivity contribution is -0.143. The number of fused-ring (bicyclic) bond motifs is 1. The van der Waals surface area contributed by atoms with Crippen molar-refractivity contribution in [3.05, 3.63) is 40.2 Å². The Morgan fingerprint density at radius 1 is 1.21 bits per heavy atom. The topological polar surface area (TPSA) is 106 Å². The van der Waals surface area contributed by atoms with E-state index in [1.807, 2.05) is 13.8 Å². The van der Waals surface area contributed by atoms with Gasteiger partial charge in [-0.25, -0.2) is 9.59 Å². The van der Waals surface area contributed by atoms with Crippen LogP contribution in [0.25, 0.3) is 11.0 Å². The molecule has 0 unspecified atom stereocenters. The van der Waals surface area contributed by atoms with E-state index in [4.69, 9.17) is 9.15 Å². The minimum atomic E-state index is -1.06. The van der Waals surface area contributed by atoms with E-state index in [1.165, 1.54) is 6.07 Å². The van der Waals surface area contributed by atoms with E-state index < -0.39 is 29.6 Å². The van der Waals surface area contributed by atoms with Crippen LogP contribution < -0.4 is 15.7 Å². The Hall–Kier alpha value is -2.83. The lowest BCUT2D eigenvalue weighted by atomic mass is 10.1. The number of rotatable bonds is 10. The van der Waals surface area contributed by atoms with Gasteiger partial charge in [0, 0.05) is 17.5 Å². The molecule has 152 valence electrons. The van der Waals surface area contributed by atoms with Crippen molar-refractivity contribution in [2.24, 2.45) is 0 Å². The van der Waals surface area contributed by atoms with Crippen LogP contribution in [-0.2, 0) is 16.0 Å². The second-order valence-corrected chi connectivity index (χ2v) is 6.80. The summed E-state index contributed by atoms with van der Waals surface area (Å²) in [5.41, 5.74) is 0.873. The van der Waals surface area contributed by atoms with Crippen LogP contribution in [-0.4, -0.2) is 29.1 Å². The summed E-state index contributed by atoms with van der Waals surface area (Å²) in [4.78, 5) is 35.4. The van der Waals surface area contributed by atoms with Crippen molar-refractivity contribution in [1.82, 2.24) is 5.32 Å². The maximum absolute atomic E-state index is 12.3. The molecule has 1 aromatic carbocycles. The summed E-state index contributed by atoms with van der Waals surface area (Å²) in [7, 11) is 0. The summed E-state index contributed by atoms with van der Waals surface area (Å²) < 4.78 is 10.9. The first-order chi connectivity index (χ1) is 13.3. The molecule has 0 radical (unpaired) electrons. The molecule has 28 heavy (non-hydrogen) atoms. The third kappa shape index (κ3) is 5.58. The predicted molar refractivity (Wildman–Crippen MR) is 106 cm³/mol. The molecule has 0 saturated heterocycles. The van der Waals surface area contributed by atoms with Gasteiger partial charge >= 0.3 is 11.6 Å². The molecule has 2 atom stereocenters. The van der Waals surface area contributed by atoms with Crippen LogP contribution in [0, 0.1) is 0 Å². The fraction of sp³-hybridized carbons (Fsp3) is 0.476. The normalized spacial score (nSPS) is 13.1. The van der Waals surface area contributed by atoms with Crippen LogP contribution in [0.5, 0.6) is 5.75 Å². The molecule has 0 aliphatic rings. The van der Waals surface area contributed by atoms with Gasteiger partial charge in [-0.1, -0.05) is 33.1 Å². The maximum atomic E-state index is 12.3. The van der Waals surface area contributed by atoms with E-state index in [-0.39, 0.29) is 0 Å². The van der Waals surface area contributed by atoms with Gasteiger partial charge in [-0.3, -0.25) is 4.79 Å². The second-order valence-electron chi connectivity index (χ2n) is 6.80. The maximum Gasteiger partial charge on any atom is 0.336 e. The highest BCUT2D eigenvalue weighted by Crippen LogP contribution is 2.24. The van der Waals surface area contributed by atoms with Crippen LogP contribution in [0.15, 0.2) is 33.5 Å². The molecule has 2 rings (SSSR count). The van der Waals surface area contributed by atoms with Crippen LogP contribution >= 0.6 is 0 Å². The number of carboxylic acids is 1. The van der Waals surface area contributed by atoms with Crippen molar-refractivity contribution in [2.75, 3.05) is 0 Å². The Kier molecular flexibility index (Phi) is 7.61. The molecule has 0 bridgehead atoms. The van der Waals surface area contributed by atoms with Gasteiger partial charge in [0.05, 0.1) is 0 Å². The van der Waals surface area contributed by atoms with Crippen molar-refractivity contribution in [3.8, 4) is 5.75 Å². The summed E-state index contributed by atoms with van der Waals surface area (Å²) in [5.74, 6) is -1.21. The molecule has 7 nitrogen and oxygen atoms in total. The Bertz CT molecular complexity index is 888. The van der Waals surface area contributed by atoms with Crippen LogP contribution in [0.2, 0.25) is 0 Å². The molecule has 1 amide bonds. The molecule has 0 fully saturated rings. The van der Waals surface area contributed by atoms with Gasteiger partial charge in [0.15, 0.2) is 6.10 Å². The number of hydrogen-bond donors (Lipinski definition) is 2. The van der Waals surface area contributed by atoms with E-state index in [2.05, 4.69) is 5.32 Å². The summed E-state index contributed by atoms with van der Waals surface area (Å²) in [6.07, 6.45) is 2.67. The van der Waals surface area contributed by atoms with Crippen LogP contribution in [0.3, 0.4) is 0 Å². The van der Waals surface area contributed by atoms with Crippen molar-refractivity contribution < 1.29 is 23.8 Å². The monoisotopic (exact) mass is 389 g/mol. The fourth-order valence-electron chi connectivity index (χ4n) is 2.97. The van der Waals surface area contributed by atoms with Crippen molar-refractivity contribution in [1.29, 1.82) is 0 Å². The first kappa shape index (κ1) is 21.5. The highest BCUT2D eigenvalue weighted by Gasteiger charge is 2.23. The molecule has 0 spiro atoms. The van der Waals surface area contributed by atoms with E-state index in [1.54, 1.807) is 25.1 Å². The lowest BCUT2D eigenvalue weighted by Gasteiger charge is -2.19. The highest BCUT2D eigenvalue weighted by atomic mass is 16.5. The first-order valence-electron chi connectivity index (χ1n) is 9.62. The quantitative estimate of drug-likeness (QED) is 0.604. The summed E-state index contributed by atoms with van der Waals surface area (Å²) in [5, 5.41) is 12.6. The zero-order chi connectivity index (χ0) is 20.7. The van der Waals surface area contributed by atoms with Gasteiger partial charge in [-0.15, -0.1) is 0 Å². The number of ether oxygens (including phenoxy) is 1. The van der Waals surface area contributed by atoms with E-state index in [0.29, 0.717) is 24.2 Å². The number of amides is 1. The van der Waals surface area contributed by atoms with Crippen LogP contribution in [0.4, 0.5) is 0 Å². The number of benzene rings is 1. The van der Waals surface area contributed by atoms with Gasteiger partial charge in [0.2, 0.25) is 0 Å². The zero-order valence-electron chi connectivity index (χ0n) is 16.5. The number of nitrogens with one attached hydrogen (secondary N) is 1. The number of carbonyl (C=O) groups excluding carboxylic acids is 1. The number of hydrogen-bond acceptors (Lipinski definition) is 5. The Morgan fingerprint density at radius 2 is 1.96 bits per heavy atom. The van der Waals surface area contributed by atoms with Gasteiger partial charge < -0.3 is 19.6 Å². The molecule has 2 aromatic rings. The van der Waals surface area contributed by atoms with E-state index >= 15 is 0 Å². The largest absolute Gasteiger partial charge is 0.481 e. The first-order valence-corrected chi connectivity index (χ1v) is 9.62. The molecule has 0 saturated carbocycles. The van der Waals surface area contributed by atoms with Crippen LogP contribution in [0.1, 0.15) is 52.0 Å². The van der Waals surface area contributed by atoms with Gasteiger partial charge in [0.25, 0.3) is 5.91 Å².